The van der Waals surface area contributed by atoms with Gasteiger partial charge in [-0.15, -0.1) is 0 Å². The molecule has 21 heavy (non-hydrogen) atoms. The highest BCUT2D eigenvalue weighted by molar-refractivity contribution is 7.99. The zero-order valence-electron chi connectivity index (χ0n) is 14.4. The van der Waals surface area contributed by atoms with Crippen LogP contribution in [0.1, 0.15) is 96.8 Å². The van der Waals surface area contributed by atoms with Crippen molar-refractivity contribution in [3.05, 3.63) is 0 Å². The van der Waals surface area contributed by atoms with Gasteiger partial charge in [-0.1, -0.05) is 90.4 Å². The predicted molar refractivity (Wildman–Crippen MR) is 97.4 cm³/mol. The number of epoxide rings is 1. The third kappa shape index (κ3) is 15.0. The van der Waals surface area contributed by atoms with Crippen LogP contribution in [-0.4, -0.2) is 24.2 Å². The van der Waals surface area contributed by atoms with Crippen LogP contribution in [-0.2, 0) is 4.74 Å². The Morgan fingerprint density at radius 3 is 1.57 bits per heavy atom. The molecule has 0 unspecified atom stereocenters. The van der Waals surface area contributed by atoms with Crippen molar-refractivity contribution < 1.29 is 4.74 Å². The standard InChI is InChI=1S/C19H38OS/c1-2-3-4-5-6-7-8-9-10-11-12-13-14-15-16-21-18-19-17-20-19/h19H,2-18H2,1H3/t19-/m1/s1. The van der Waals surface area contributed by atoms with Gasteiger partial charge in [-0.3, -0.25) is 0 Å². The van der Waals surface area contributed by atoms with Gasteiger partial charge < -0.3 is 4.74 Å². The van der Waals surface area contributed by atoms with Crippen LogP contribution >= 0.6 is 11.8 Å². The Morgan fingerprint density at radius 2 is 1.14 bits per heavy atom. The Morgan fingerprint density at radius 1 is 0.714 bits per heavy atom. The summed E-state index contributed by atoms with van der Waals surface area (Å²) in [6, 6.07) is 0. The van der Waals surface area contributed by atoms with Crippen molar-refractivity contribution in [2.45, 2.75) is 103 Å². The number of unbranched alkanes of at least 4 members (excludes halogenated alkanes) is 13. The summed E-state index contributed by atoms with van der Waals surface area (Å²) in [6.07, 6.45) is 21.0. The molecule has 2 heteroatoms. The lowest BCUT2D eigenvalue weighted by Crippen LogP contribution is -1.91. The number of rotatable bonds is 17. The van der Waals surface area contributed by atoms with Gasteiger partial charge in [-0.2, -0.15) is 11.8 Å². The number of ether oxygens (including phenoxy) is 1. The van der Waals surface area contributed by atoms with Crippen LogP contribution < -0.4 is 0 Å². The van der Waals surface area contributed by atoms with Crippen LogP contribution in [0.3, 0.4) is 0 Å². The molecule has 126 valence electrons. The smallest absolute Gasteiger partial charge is 0.0900 e. The largest absolute Gasteiger partial charge is 0.372 e. The maximum atomic E-state index is 5.21. The van der Waals surface area contributed by atoms with E-state index in [4.69, 9.17) is 4.74 Å². The van der Waals surface area contributed by atoms with Crippen LogP contribution in [0.2, 0.25) is 0 Å². The first-order valence-corrected chi connectivity index (χ1v) is 10.8. The van der Waals surface area contributed by atoms with Crippen LogP contribution in [0.5, 0.6) is 0 Å². The first-order valence-electron chi connectivity index (χ1n) is 9.63. The Balaban J connectivity index is 1.59. The summed E-state index contributed by atoms with van der Waals surface area (Å²) < 4.78 is 5.21. The SMILES string of the molecule is CCCCCCCCCCCCCCCCSC[C@H]1CO1. The van der Waals surface area contributed by atoms with Gasteiger partial charge in [-0.05, 0) is 12.2 Å². The maximum absolute atomic E-state index is 5.21. The molecule has 0 N–H and O–H groups in total. The summed E-state index contributed by atoms with van der Waals surface area (Å²) in [7, 11) is 0. The lowest BCUT2D eigenvalue weighted by atomic mass is 10.0. The third-order valence-corrected chi connectivity index (χ3v) is 5.53. The molecule has 0 spiro atoms. The van der Waals surface area contributed by atoms with Gasteiger partial charge in [0.05, 0.1) is 12.7 Å². The average Bonchev–Trinajstić information content (AvgIpc) is 3.31. The Kier molecular flexibility index (Phi) is 14.0. The molecule has 0 aromatic carbocycles. The summed E-state index contributed by atoms with van der Waals surface area (Å²) in [4.78, 5) is 0. The highest BCUT2D eigenvalue weighted by Crippen LogP contribution is 2.18. The minimum absolute atomic E-state index is 0.613. The van der Waals surface area contributed by atoms with E-state index in [0.717, 1.165) is 6.61 Å². The van der Waals surface area contributed by atoms with Crippen LogP contribution in [0.15, 0.2) is 0 Å². The van der Waals surface area contributed by atoms with Crippen LogP contribution in [0.25, 0.3) is 0 Å². The van der Waals surface area contributed by atoms with Crippen molar-refractivity contribution in [1.82, 2.24) is 0 Å². The second-order valence-electron chi connectivity index (χ2n) is 6.63. The Hall–Kier alpha value is 0.310. The molecule has 1 heterocycles. The van der Waals surface area contributed by atoms with Gasteiger partial charge in [0.25, 0.3) is 0 Å². The molecule has 0 aromatic rings. The van der Waals surface area contributed by atoms with Crippen molar-refractivity contribution in [3.63, 3.8) is 0 Å². The third-order valence-electron chi connectivity index (χ3n) is 4.35. The van der Waals surface area contributed by atoms with E-state index in [2.05, 4.69) is 18.7 Å². The van der Waals surface area contributed by atoms with E-state index in [0.29, 0.717) is 6.10 Å². The monoisotopic (exact) mass is 314 g/mol. The van der Waals surface area contributed by atoms with E-state index in [-0.39, 0.29) is 0 Å². The van der Waals surface area contributed by atoms with E-state index >= 15 is 0 Å². The molecule has 0 saturated carbocycles. The second-order valence-corrected chi connectivity index (χ2v) is 7.78. The molecule has 0 bridgehead atoms. The predicted octanol–water partition coefficient (Wildman–Crippen LogP) is 6.60. The fourth-order valence-corrected chi connectivity index (χ4v) is 3.81. The van der Waals surface area contributed by atoms with Gasteiger partial charge >= 0.3 is 0 Å². The topological polar surface area (TPSA) is 12.5 Å². The summed E-state index contributed by atoms with van der Waals surface area (Å²) in [5.74, 6) is 2.58. The van der Waals surface area contributed by atoms with E-state index in [1.165, 1.54) is 101 Å². The van der Waals surface area contributed by atoms with Gasteiger partial charge in [0.15, 0.2) is 0 Å². The molecular formula is C19H38OS. The lowest BCUT2D eigenvalue weighted by Gasteiger charge is -2.03. The van der Waals surface area contributed by atoms with E-state index < -0.39 is 0 Å². The molecule has 1 rings (SSSR count). The van der Waals surface area contributed by atoms with Crippen LogP contribution in [0, 0.1) is 0 Å². The highest BCUT2D eigenvalue weighted by Gasteiger charge is 2.21. The first kappa shape index (κ1) is 19.4. The maximum Gasteiger partial charge on any atom is 0.0900 e. The van der Waals surface area contributed by atoms with Crippen molar-refractivity contribution in [2.24, 2.45) is 0 Å². The van der Waals surface area contributed by atoms with Crippen molar-refractivity contribution in [2.75, 3.05) is 18.1 Å². The Bertz CT molecular complexity index is 204. The average molecular weight is 315 g/mol. The molecule has 1 nitrogen and oxygen atoms in total. The van der Waals surface area contributed by atoms with E-state index in [1.807, 2.05) is 0 Å². The van der Waals surface area contributed by atoms with Crippen LogP contribution in [0.4, 0.5) is 0 Å². The lowest BCUT2D eigenvalue weighted by molar-refractivity contribution is 0.426. The molecule has 1 atom stereocenters. The second kappa shape index (κ2) is 15.2. The molecule has 0 radical (unpaired) electrons. The van der Waals surface area contributed by atoms with Gasteiger partial charge in [0, 0.05) is 5.75 Å². The summed E-state index contributed by atoms with van der Waals surface area (Å²) in [5.41, 5.74) is 0. The first-order chi connectivity index (χ1) is 10.4. The normalized spacial score (nSPS) is 17.3. The zero-order chi connectivity index (χ0) is 15.0. The fraction of sp³-hybridized carbons (Fsp3) is 1.00. The van der Waals surface area contributed by atoms with E-state index in [9.17, 15) is 0 Å². The van der Waals surface area contributed by atoms with Crippen molar-refractivity contribution >= 4 is 11.8 Å². The summed E-state index contributed by atoms with van der Waals surface area (Å²) >= 11 is 2.08. The molecule has 0 aromatic heterocycles. The minimum Gasteiger partial charge on any atom is -0.372 e. The van der Waals surface area contributed by atoms with Crippen molar-refractivity contribution in [1.29, 1.82) is 0 Å². The molecular weight excluding hydrogens is 276 g/mol. The summed E-state index contributed by atoms with van der Waals surface area (Å²) in [5, 5.41) is 0. The van der Waals surface area contributed by atoms with Gasteiger partial charge in [-0.25, -0.2) is 0 Å². The number of hydrogen-bond donors (Lipinski definition) is 0. The minimum atomic E-state index is 0.613. The molecule has 1 aliphatic heterocycles. The van der Waals surface area contributed by atoms with Crippen molar-refractivity contribution in [3.8, 4) is 0 Å². The quantitative estimate of drug-likeness (QED) is 0.221. The molecule has 0 amide bonds. The molecule has 1 aliphatic rings. The molecule has 0 aliphatic carbocycles. The highest BCUT2D eigenvalue weighted by atomic mass is 32.2. The fourth-order valence-electron chi connectivity index (χ4n) is 2.78. The summed E-state index contributed by atoms with van der Waals surface area (Å²) in [6.45, 7) is 3.31. The van der Waals surface area contributed by atoms with Gasteiger partial charge in [0.2, 0.25) is 0 Å². The van der Waals surface area contributed by atoms with E-state index in [1.54, 1.807) is 0 Å². The molecule has 1 fully saturated rings. The zero-order valence-corrected chi connectivity index (χ0v) is 15.2. The molecule has 1 saturated heterocycles. The van der Waals surface area contributed by atoms with Gasteiger partial charge in [0.1, 0.15) is 0 Å². The number of thioether (sulfide) groups is 1. The Labute approximate surface area is 138 Å². The number of hydrogen-bond acceptors (Lipinski definition) is 2.